The molecule has 0 unspecified atom stereocenters. The Kier molecular flexibility index (Phi) is 4.61. The highest BCUT2D eigenvalue weighted by Gasteiger charge is 2.31. The Morgan fingerprint density at radius 1 is 0.889 bits per heavy atom. The molecular formula is C14H23NO3. The van der Waals surface area contributed by atoms with Crippen LogP contribution in [0.25, 0.3) is 0 Å². The highest BCUT2D eigenvalue weighted by atomic mass is 16.4. The van der Waals surface area contributed by atoms with Crippen molar-refractivity contribution >= 4 is 11.9 Å². The second-order valence-corrected chi connectivity index (χ2v) is 5.65. The van der Waals surface area contributed by atoms with Gasteiger partial charge in [0.05, 0.1) is 5.92 Å². The fraction of sp³-hybridized carbons (Fsp3) is 0.857. The summed E-state index contributed by atoms with van der Waals surface area (Å²) in [6.07, 6.45) is 8.29. The lowest BCUT2D eigenvalue weighted by Gasteiger charge is -2.33. The van der Waals surface area contributed by atoms with Gasteiger partial charge in [-0.3, -0.25) is 9.59 Å². The molecule has 18 heavy (non-hydrogen) atoms. The number of piperidine rings is 1. The number of carbonyl (C=O) groups is 2. The van der Waals surface area contributed by atoms with Crippen LogP contribution in [0.4, 0.5) is 0 Å². The van der Waals surface area contributed by atoms with E-state index in [0.717, 1.165) is 38.6 Å². The lowest BCUT2D eigenvalue weighted by Crippen LogP contribution is -2.44. The van der Waals surface area contributed by atoms with Crippen molar-refractivity contribution in [2.75, 3.05) is 13.1 Å². The highest BCUT2D eigenvalue weighted by Crippen LogP contribution is 2.26. The third kappa shape index (κ3) is 3.24. The Bertz CT molecular complexity index is 308. The normalized spacial score (nSPS) is 26.7. The van der Waals surface area contributed by atoms with Crippen LogP contribution >= 0.6 is 0 Å². The van der Waals surface area contributed by atoms with Gasteiger partial charge in [-0.1, -0.05) is 25.7 Å². The number of rotatable bonds is 2. The fourth-order valence-electron chi connectivity index (χ4n) is 3.16. The first-order valence-electron chi connectivity index (χ1n) is 7.20. The number of amides is 1. The standard InChI is InChI=1S/C14H23NO3/c16-13(11-6-3-1-2-4-7-11)15-9-5-8-12(10-15)14(17)18/h11-12H,1-10H2,(H,17,18)/t12-/m1/s1. The highest BCUT2D eigenvalue weighted by molar-refractivity contribution is 5.80. The summed E-state index contributed by atoms with van der Waals surface area (Å²) in [7, 11) is 0. The van der Waals surface area contributed by atoms with E-state index in [4.69, 9.17) is 5.11 Å². The molecule has 0 radical (unpaired) electrons. The SMILES string of the molecule is O=C(O)[C@@H]1CCCN(C(=O)C2CCCCCC2)C1. The lowest BCUT2D eigenvalue weighted by atomic mass is 9.94. The van der Waals surface area contributed by atoms with Crippen molar-refractivity contribution in [3.8, 4) is 0 Å². The number of carbonyl (C=O) groups excluding carboxylic acids is 1. The summed E-state index contributed by atoms with van der Waals surface area (Å²) >= 11 is 0. The molecule has 2 aliphatic rings. The van der Waals surface area contributed by atoms with Gasteiger partial charge in [-0.15, -0.1) is 0 Å². The Morgan fingerprint density at radius 3 is 2.11 bits per heavy atom. The first-order valence-corrected chi connectivity index (χ1v) is 7.20. The topological polar surface area (TPSA) is 57.6 Å². The number of hydrogen-bond donors (Lipinski definition) is 1. The summed E-state index contributed by atoms with van der Waals surface area (Å²) in [5, 5.41) is 9.06. The van der Waals surface area contributed by atoms with Crippen molar-refractivity contribution in [3.05, 3.63) is 0 Å². The molecule has 0 bridgehead atoms. The molecule has 1 N–H and O–H groups in total. The molecule has 1 saturated heterocycles. The zero-order chi connectivity index (χ0) is 13.0. The summed E-state index contributed by atoms with van der Waals surface area (Å²) in [4.78, 5) is 25.2. The third-order valence-corrected chi connectivity index (χ3v) is 4.29. The number of carboxylic acids is 1. The quantitative estimate of drug-likeness (QED) is 0.768. The molecular weight excluding hydrogens is 230 g/mol. The molecule has 0 spiro atoms. The minimum Gasteiger partial charge on any atom is -0.481 e. The van der Waals surface area contributed by atoms with Crippen molar-refractivity contribution in [3.63, 3.8) is 0 Å². The van der Waals surface area contributed by atoms with E-state index in [1.54, 1.807) is 4.90 Å². The van der Waals surface area contributed by atoms with Gasteiger partial charge >= 0.3 is 5.97 Å². The molecule has 1 aliphatic carbocycles. The largest absolute Gasteiger partial charge is 0.481 e. The first-order chi connectivity index (χ1) is 8.68. The van der Waals surface area contributed by atoms with Crippen LogP contribution in [0.2, 0.25) is 0 Å². The number of carboxylic acid groups (broad SMARTS) is 1. The molecule has 2 fully saturated rings. The van der Waals surface area contributed by atoms with Crippen LogP contribution in [-0.4, -0.2) is 35.0 Å². The maximum atomic E-state index is 12.4. The van der Waals surface area contributed by atoms with E-state index in [0.29, 0.717) is 13.0 Å². The smallest absolute Gasteiger partial charge is 0.308 e. The Balaban J connectivity index is 1.92. The van der Waals surface area contributed by atoms with E-state index < -0.39 is 5.97 Å². The fourth-order valence-corrected chi connectivity index (χ4v) is 3.16. The van der Waals surface area contributed by atoms with Crippen LogP contribution in [0.5, 0.6) is 0 Å². The van der Waals surface area contributed by atoms with Gasteiger partial charge in [-0.25, -0.2) is 0 Å². The van der Waals surface area contributed by atoms with Crippen LogP contribution in [-0.2, 0) is 9.59 Å². The van der Waals surface area contributed by atoms with Crippen molar-refractivity contribution in [1.29, 1.82) is 0 Å². The second-order valence-electron chi connectivity index (χ2n) is 5.65. The predicted octanol–water partition coefficient (Wildman–Crippen LogP) is 2.28. The number of aliphatic carboxylic acids is 1. The number of hydrogen-bond acceptors (Lipinski definition) is 2. The van der Waals surface area contributed by atoms with E-state index in [-0.39, 0.29) is 17.7 Å². The summed E-state index contributed by atoms with van der Waals surface area (Å²) in [5.74, 6) is -0.746. The number of nitrogens with zero attached hydrogens (tertiary/aromatic N) is 1. The molecule has 1 saturated carbocycles. The summed E-state index contributed by atoms with van der Waals surface area (Å²) in [6, 6.07) is 0. The van der Waals surface area contributed by atoms with Gasteiger partial charge in [0.15, 0.2) is 0 Å². The van der Waals surface area contributed by atoms with Gasteiger partial charge in [0.25, 0.3) is 0 Å². The van der Waals surface area contributed by atoms with Crippen molar-refractivity contribution in [2.24, 2.45) is 11.8 Å². The van der Waals surface area contributed by atoms with Crippen molar-refractivity contribution < 1.29 is 14.7 Å². The third-order valence-electron chi connectivity index (χ3n) is 4.29. The van der Waals surface area contributed by atoms with Crippen LogP contribution in [0.3, 0.4) is 0 Å². The van der Waals surface area contributed by atoms with E-state index in [2.05, 4.69) is 0 Å². The zero-order valence-corrected chi connectivity index (χ0v) is 10.9. The van der Waals surface area contributed by atoms with Gasteiger partial charge in [-0.05, 0) is 25.7 Å². The molecule has 102 valence electrons. The average Bonchev–Trinajstić information content (AvgIpc) is 2.67. The summed E-state index contributed by atoms with van der Waals surface area (Å²) in [6.45, 7) is 1.17. The Morgan fingerprint density at radius 2 is 1.50 bits per heavy atom. The van der Waals surface area contributed by atoms with Gasteiger partial charge in [-0.2, -0.15) is 0 Å². The molecule has 0 aromatic heterocycles. The Labute approximate surface area is 108 Å². The van der Waals surface area contributed by atoms with Crippen LogP contribution in [0.1, 0.15) is 51.4 Å². The van der Waals surface area contributed by atoms with E-state index in [1.807, 2.05) is 0 Å². The molecule has 4 heteroatoms. The summed E-state index contributed by atoms with van der Waals surface area (Å²) < 4.78 is 0. The molecule has 1 atom stereocenters. The van der Waals surface area contributed by atoms with Gasteiger partial charge < -0.3 is 10.0 Å². The molecule has 1 heterocycles. The minimum atomic E-state index is -0.756. The Hall–Kier alpha value is -1.06. The van der Waals surface area contributed by atoms with E-state index in [9.17, 15) is 9.59 Å². The molecule has 1 amide bonds. The van der Waals surface area contributed by atoms with Crippen molar-refractivity contribution in [1.82, 2.24) is 4.90 Å². The molecule has 0 aromatic carbocycles. The molecule has 2 rings (SSSR count). The lowest BCUT2D eigenvalue weighted by molar-refractivity contribution is -0.147. The maximum absolute atomic E-state index is 12.4. The van der Waals surface area contributed by atoms with Crippen LogP contribution in [0, 0.1) is 11.8 Å². The number of likely N-dealkylation sites (tertiary alicyclic amines) is 1. The average molecular weight is 253 g/mol. The minimum absolute atomic E-state index is 0.153. The van der Waals surface area contributed by atoms with Crippen LogP contribution < -0.4 is 0 Å². The zero-order valence-electron chi connectivity index (χ0n) is 10.9. The maximum Gasteiger partial charge on any atom is 0.308 e. The first kappa shape index (κ1) is 13.4. The van der Waals surface area contributed by atoms with Crippen molar-refractivity contribution in [2.45, 2.75) is 51.4 Å². The second kappa shape index (κ2) is 6.21. The molecule has 4 nitrogen and oxygen atoms in total. The van der Waals surface area contributed by atoms with Gasteiger partial charge in [0.2, 0.25) is 5.91 Å². The summed E-state index contributed by atoms with van der Waals surface area (Å²) in [5.41, 5.74) is 0. The van der Waals surface area contributed by atoms with Gasteiger partial charge in [0, 0.05) is 19.0 Å². The predicted molar refractivity (Wildman–Crippen MR) is 68.1 cm³/mol. The van der Waals surface area contributed by atoms with E-state index >= 15 is 0 Å². The molecule has 1 aliphatic heterocycles. The van der Waals surface area contributed by atoms with Gasteiger partial charge in [0.1, 0.15) is 0 Å². The van der Waals surface area contributed by atoms with E-state index in [1.165, 1.54) is 12.8 Å². The molecule has 0 aromatic rings. The monoisotopic (exact) mass is 253 g/mol. The van der Waals surface area contributed by atoms with Crippen LogP contribution in [0.15, 0.2) is 0 Å².